The van der Waals surface area contributed by atoms with Crippen LogP contribution in [0.5, 0.6) is 5.75 Å². The van der Waals surface area contributed by atoms with Crippen molar-refractivity contribution in [3.05, 3.63) is 41.1 Å². The first-order valence-corrected chi connectivity index (χ1v) is 10.7. The lowest BCUT2D eigenvalue weighted by Crippen LogP contribution is -2.09. The van der Waals surface area contributed by atoms with Gasteiger partial charge in [0, 0.05) is 16.8 Å². The highest BCUT2D eigenvalue weighted by Gasteiger charge is 2.22. The third-order valence-electron chi connectivity index (χ3n) is 5.57. The van der Waals surface area contributed by atoms with Crippen LogP contribution in [0.1, 0.15) is 75.1 Å². The molecule has 0 unspecified atom stereocenters. The third kappa shape index (κ3) is 4.65. The summed E-state index contributed by atoms with van der Waals surface area (Å²) in [5.74, 6) is 1.15. The number of anilines is 1. The van der Waals surface area contributed by atoms with Gasteiger partial charge >= 0.3 is 0 Å². The summed E-state index contributed by atoms with van der Waals surface area (Å²) in [5.41, 5.74) is 10.9. The second-order valence-electron chi connectivity index (χ2n) is 7.54. The number of rotatable bonds is 3. The summed E-state index contributed by atoms with van der Waals surface area (Å²) in [4.78, 5) is 4.69. The molecule has 1 aromatic heterocycles. The Morgan fingerprint density at radius 3 is 2.32 bits per heavy atom. The number of benzene rings is 1. The second-order valence-corrected chi connectivity index (χ2v) is 7.54. The van der Waals surface area contributed by atoms with Gasteiger partial charge in [-0.3, -0.25) is 0 Å². The van der Waals surface area contributed by atoms with Gasteiger partial charge in [0.15, 0.2) is 0 Å². The lowest BCUT2D eigenvalue weighted by Gasteiger charge is -2.20. The summed E-state index contributed by atoms with van der Waals surface area (Å²) < 4.78 is 5.89. The Hall–Kier alpha value is -2.54. The molecular weight excluding hydrogens is 346 g/mol. The van der Waals surface area contributed by atoms with Crippen LogP contribution >= 0.6 is 0 Å². The van der Waals surface area contributed by atoms with Gasteiger partial charge in [-0.2, -0.15) is 5.26 Å². The van der Waals surface area contributed by atoms with Crippen LogP contribution in [0, 0.1) is 11.3 Å². The Labute approximate surface area is 168 Å². The fourth-order valence-electron chi connectivity index (χ4n) is 4.19. The minimum absolute atomic E-state index is 0.342. The van der Waals surface area contributed by atoms with Gasteiger partial charge in [-0.15, -0.1) is 0 Å². The summed E-state index contributed by atoms with van der Waals surface area (Å²) in [6.45, 7) is 2.56. The Balaban J connectivity index is 2.15. The van der Waals surface area contributed by atoms with Crippen molar-refractivity contribution in [3.63, 3.8) is 0 Å². The van der Waals surface area contributed by atoms with Gasteiger partial charge in [-0.25, -0.2) is 4.98 Å². The Bertz CT molecular complexity index is 838. The van der Waals surface area contributed by atoms with Crippen molar-refractivity contribution in [2.24, 2.45) is 0 Å². The molecule has 3 rings (SSSR count). The number of aromatic nitrogens is 1. The molecule has 1 heterocycles. The summed E-state index contributed by atoms with van der Waals surface area (Å²) in [6.07, 6.45) is 11.8. The van der Waals surface area contributed by atoms with E-state index in [1.807, 2.05) is 31.2 Å². The predicted octanol–water partition coefficient (Wildman–Crippen LogP) is 5.82. The summed E-state index contributed by atoms with van der Waals surface area (Å²) in [6, 6.07) is 10.3. The average Bonchev–Trinajstić information content (AvgIpc) is 2.69. The molecule has 0 atom stereocenters. The number of para-hydroxylation sites is 1. The number of fused-ring (bicyclic) bond motifs is 1. The molecule has 0 radical (unpaired) electrons. The van der Waals surface area contributed by atoms with Gasteiger partial charge in [0.05, 0.1) is 6.61 Å². The van der Waals surface area contributed by atoms with E-state index < -0.39 is 0 Å². The smallest absolute Gasteiger partial charge is 0.142 e. The van der Waals surface area contributed by atoms with Crippen LogP contribution in [-0.4, -0.2) is 11.6 Å². The lowest BCUT2D eigenvalue weighted by molar-refractivity contribution is 0.341. The maximum absolute atomic E-state index is 9.88. The zero-order chi connectivity index (χ0) is 19.8. The van der Waals surface area contributed by atoms with Gasteiger partial charge in [0.2, 0.25) is 0 Å². The number of nitrogen functional groups attached to an aromatic ring is 1. The minimum Gasteiger partial charge on any atom is -0.493 e. The molecule has 28 heavy (non-hydrogen) atoms. The van der Waals surface area contributed by atoms with Crippen LogP contribution in [0.2, 0.25) is 0 Å². The molecule has 1 aromatic carbocycles. The van der Waals surface area contributed by atoms with E-state index in [1.54, 1.807) is 0 Å². The van der Waals surface area contributed by atoms with Crippen LogP contribution < -0.4 is 10.5 Å². The predicted molar refractivity (Wildman–Crippen MR) is 114 cm³/mol. The molecule has 1 aliphatic rings. The number of hydrogen-bond donors (Lipinski definition) is 1. The van der Waals surface area contributed by atoms with Gasteiger partial charge in [-0.1, -0.05) is 56.7 Å². The van der Waals surface area contributed by atoms with Crippen LogP contribution in [0.25, 0.3) is 11.1 Å². The van der Waals surface area contributed by atoms with Crippen molar-refractivity contribution in [3.8, 4) is 22.9 Å². The number of ether oxygens (including phenoxy) is 1. The Kier molecular flexibility index (Phi) is 7.31. The van der Waals surface area contributed by atoms with Crippen LogP contribution in [0.4, 0.5) is 5.82 Å². The molecular formula is C24H31N3O. The Morgan fingerprint density at radius 2 is 1.64 bits per heavy atom. The van der Waals surface area contributed by atoms with E-state index in [0.717, 1.165) is 48.3 Å². The number of aryl methyl sites for hydroxylation is 1. The molecule has 0 amide bonds. The first-order chi connectivity index (χ1) is 13.8. The molecule has 0 fully saturated rings. The molecule has 0 spiro atoms. The maximum Gasteiger partial charge on any atom is 0.142 e. The highest BCUT2D eigenvalue weighted by Crippen LogP contribution is 2.39. The second kappa shape index (κ2) is 10.1. The van der Waals surface area contributed by atoms with E-state index in [9.17, 15) is 5.26 Å². The van der Waals surface area contributed by atoms with Gasteiger partial charge in [-0.05, 0) is 44.2 Å². The minimum atomic E-state index is 0.342. The molecule has 4 heteroatoms. The number of nitriles is 1. The first kappa shape index (κ1) is 20.2. The van der Waals surface area contributed by atoms with Crippen molar-refractivity contribution in [1.82, 2.24) is 4.98 Å². The van der Waals surface area contributed by atoms with Crippen molar-refractivity contribution < 1.29 is 4.74 Å². The molecule has 2 N–H and O–H groups in total. The van der Waals surface area contributed by atoms with Crippen molar-refractivity contribution in [2.75, 3.05) is 12.3 Å². The fourth-order valence-corrected chi connectivity index (χ4v) is 4.19. The first-order valence-electron chi connectivity index (χ1n) is 10.7. The highest BCUT2D eigenvalue weighted by atomic mass is 16.5. The van der Waals surface area contributed by atoms with Gasteiger partial charge in [0.25, 0.3) is 0 Å². The zero-order valence-corrected chi connectivity index (χ0v) is 17.0. The summed E-state index contributed by atoms with van der Waals surface area (Å²) >= 11 is 0. The van der Waals surface area contributed by atoms with Crippen LogP contribution in [0.3, 0.4) is 0 Å². The van der Waals surface area contributed by atoms with E-state index in [2.05, 4.69) is 11.1 Å². The third-order valence-corrected chi connectivity index (χ3v) is 5.57. The quantitative estimate of drug-likeness (QED) is 0.731. The summed E-state index contributed by atoms with van der Waals surface area (Å²) in [7, 11) is 0. The van der Waals surface area contributed by atoms with E-state index >= 15 is 0 Å². The van der Waals surface area contributed by atoms with E-state index in [4.69, 9.17) is 10.5 Å². The molecule has 4 nitrogen and oxygen atoms in total. The normalized spacial score (nSPS) is 15.6. The maximum atomic E-state index is 9.88. The number of nitrogens with zero attached hydrogens (tertiary/aromatic N) is 2. The topological polar surface area (TPSA) is 71.9 Å². The monoisotopic (exact) mass is 377 g/mol. The van der Waals surface area contributed by atoms with E-state index in [-0.39, 0.29) is 0 Å². The Morgan fingerprint density at radius 1 is 1.00 bits per heavy atom. The average molecular weight is 378 g/mol. The van der Waals surface area contributed by atoms with Gasteiger partial charge in [0.1, 0.15) is 23.2 Å². The summed E-state index contributed by atoms with van der Waals surface area (Å²) in [5, 5.41) is 9.88. The molecule has 1 aliphatic carbocycles. The molecule has 0 saturated carbocycles. The molecule has 2 aromatic rings. The molecule has 0 aliphatic heterocycles. The highest BCUT2D eigenvalue weighted by molar-refractivity contribution is 5.82. The van der Waals surface area contributed by atoms with Crippen LogP contribution in [-0.2, 0) is 12.8 Å². The number of nitrogens with two attached hydrogens (primary N) is 1. The van der Waals surface area contributed by atoms with Crippen molar-refractivity contribution in [1.29, 1.82) is 5.26 Å². The number of pyridine rings is 1. The van der Waals surface area contributed by atoms with Crippen molar-refractivity contribution >= 4 is 5.82 Å². The standard InChI is InChI=1S/C24H31N3O/c1-2-28-22-16-12-11-14-19(22)23-18-13-9-7-5-3-4-6-8-10-15-21(18)27-24(26)20(23)17-25/h11-12,14,16H,2-10,13,15H2,1H3,(H2,26,27). The zero-order valence-electron chi connectivity index (χ0n) is 17.0. The van der Waals surface area contributed by atoms with Gasteiger partial charge < -0.3 is 10.5 Å². The van der Waals surface area contributed by atoms with E-state index in [1.165, 1.54) is 44.1 Å². The lowest BCUT2D eigenvalue weighted by atomic mass is 9.88. The van der Waals surface area contributed by atoms with Crippen molar-refractivity contribution in [2.45, 2.75) is 71.1 Å². The molecule has 0 saturated heterocycles. The van der Waals surface area contributed by atoms with E-state index in [0.29, 0.717) is 18.0 Å². The van der Waals surface area contributed by atoms with Crippen LogP contribution in [0.15, 0.2) is 24.3 Å². The molecule has 148 valence electrons. The molecule has 0 bridgehead atoms. The largest absolute Gasteiger partial charge is 0.493 e. The fraction of sp³-hybridized carbons (Fsp3) is 0.500. The number of hydrogen-bond acceptors (Lipinski definition) is 4. The SMILES string of the molecule is CCOc1ccccc1-c1c(C#N)c(N)nc2c1CCCCCCCCCC2.